The van der Waals surface area contributed by atoms with Crippen LogP contribution in [0.3, 0.4) is 0 Å². The van der Waals surface area contributed by atoms with Crippen molar-refractivity contribution in [1.82, 2.24) is 9.97 Å². The van der Waals surface area contributed by atoms with Crippen LogP contribution in [0.4, 0.5) is 11.6 Å². The van der Waals surface area contributed by atoms with Crippen LogP contribution >= 0.6 is 18.9 Å². The molecule has 2 aromatic heterocycles. The fourth-order valence-electron chi connectivity index (χ4n) is 3.54. The Morgan fingerprint density at radius 2 is 1.76 bits per heavy atom. The first kappa shape index (κ1) is 24.3. The molecule has 4 rings (SSSR count). The quantitative estimate of drug-likeness (QED) is 0.243. The minimum atomic E-state index is -3.67. The average Bonchev–Trinajstić information content (AvgIpc) is 3.27. The molecule has 1 atom stereocenters. The number of rotatable bonds is 10. The number of nitrogens with one attached hydrogen (secondary N) is 1. The van der Waals surface area contributed by atoms with Gasteiger partial charge in [-0.05, 0) is 37.6 Å². The summed E-state index contributed by atoms with van der Waals surface area (Å²) in [7, 11) is -2.02. The highest BCUT2D eigenvalue weighted by Gasteiger charge is 2.35. The van der Waals surface area contributed by atoms with Crippen molar-refractivity contribution in [3.63, 3.8) is 0 Å². The molecule has 4 aromatic rings. The van der Waals surface area contributed by atoms with E-state index in [4.69, 9.17) is 18.8 Å². The van der Waals surface area contributed by atoms with Gasteiger partial charge in [-0.15, -0.1) is 11.3 Å². The predicted octanol–water partition coefficient (Wildman–Crippen LogP) is 6.37. The van der Waals surface area contributed by atoms with Crippen molar-refractivity contribution in [2.75, 3.05) is 25.6 Å². The van der Waals surface area contributed by atoms with Gasteiger partial charge in [-0.25, -0.2) is 9.97 Å². The highest BCUT2D eigenvalue weighted by atomic mass is 32.1. The van der Waals surface area contributed by atoms with Crippen molar-refractivity contribution in [3.8, 4) is 16.9 Å². The maximum atomic E-state index is 12.8. The molecule has 0 saturated heterocycles. The van der Waals surface area contributed by atoms with E-state index < -0.39 is 13.4 Å². The number of hydrogen-bond donors (Lipinski definition) is 2. The Morgan fingerprint density at radius 3 is 2.44 bits per heavy atom. The van der Waals surface area contributed by atoms with Gasteiger partial charge < -0.3 is 24.2 Å². The number of ether oxygens (including phenoxy) is 1. The van der Waals surface area contributed by atoms with E-state index in [0.717, 1.165) is 27.1 Å². The van der Waals surface area contributed by atoms with Crippen LogP contribution in [0, 0.1) is 0 Å². The second kappa shape index (κ2) is 10.6. The summed E-state index contributed by atoms with van der Waals surface area (Å²) in [6, 6.07) is 14.7. The highest BCUT2D eigenvalue weighted by molar-refractivity contribution is 7.54. The molecule has 2 heterocycles. The zero-order chi connectivity index (χ0) is 24.1. The minimum Gasteiger partial charge on any atom is -0.496 e. The molecular formula is C24H26N3O5PS. The zero-order valence-electron chi connectivity index (χ0n) is 19.1. The zero-order valence-corrected chi connectivity index (χ0v) is 20.8. The van der Waals surface area contributed by atoms with Crippen LogP contribution in [-0.2, 0) is 13.6 Å². The van der Waals surface area contributed by atoms with Gasteiger partial charge in [-0.1, -0.05) is 30.3 Å². The number of aliphatic hydroxyl groups is 1. The number of para-hydroxylation sites is 1. The highest BCUT2D eigenvalue weighted by Crippen LogP contribution is 2.59. The van der Waals surface area contributed by atoms with Gasteiger partial charge in [0, 0.05) is 22.2 Å². The van der Waals surface area contributed by atoms with E-state index in [1.54, 1.807) is 62.8 Å². The molecule has 34 heavy (non-hydrogen) atoms. The molecule has 0 spiro atoms. The summed E-state index contributed by atoms with van der Waals surface area (Å²) in [5, 5.41) is 15.8. The Hall–Kier alpha value is -2.81. The molecule has 8 nitrogen and oxygen atoms in total. The first-order valence-electron chi connectivity index (χ1n) is 10.8. The summed E-state index contributed by atoms with van der Waals surface area (Å²) in [5.74, 6) is -0.159. The maximum absolute atomic E-state index is 12.8. The molecule has 1 unspecified atom stereocenters. The van der Waals surface area contributed by atoms with Crippen molar-refractivity contribution in [3.05, 3.63) is 65.7 Å². The summed E-state index contributed by atoms with van der Waals surface area (Å²) in [4.78, 5) is 9.15. The summed E-state index contributed by atoms with van der Waals surface area (Å²) >= 11 is 1.57. The van der Waals surface area contributed by atoms with Crippen molar-refractivity contribution >= 4 is 40.8 Å². The fraction of sp³-hybridized carbons (Fsp3) is 0.250. The lowest BCUT2D eigenvalue weighted by atomic mass is 10.1. The number of thiophene rings is 1. The SMILES string of the molecule is CCOP(=O)(OCC)C(O)c1ccc(Nc2ncc3scc(-c4ccccc4OC)c3n2)cc1. The summed E-state index contributed by atoms with van der Waals surface area (Å²) < 4.78 is 29.8. The van der Waals surface area contributed by atoms with Crippen LogP contribution in [0.2, 0.25) is 0 Å². The number of hydrogen-bond acceptors (Lipinski definition) is 9. The number of methoxy groups -OCH3 is 1. The standard InChI is InChI=1S/C24H26N3O5PS/c1-4-31-33(29,32-5-2)23(28)16-10-12-17(13-11-16)26-24-25-14-21-22(27-24)19(15-34-21)18-8-6-7-9-20(18)30-3/h6-15,23,28H,4-5H2,1-3H3,(H,25,26,27). The third kappa shape index (κ3) is 4.99. The maximum Gasteiger partial charge on any atom is 0.363 e. The molecule has 2 N–H and O–H groups in total. The van der Waals surface area contributed by atoms with Gasteiger partial charge in [0.2, 0.25) is 5.95 Å². The van der Waals surface area contributed by atoms with E-state index in [1.165, 1.54) is 0 Å². The van der Waals surface area contributed by atoms with Crippen molar-refractivity contribution in [2.45, 2.75) is 19.7 Å². The van der Waals surface area contributed by atoms with Gasteiger partial charge in [0.1, 0.15) is 5.75 Å². The first-order chi connectivity index (χ1) is 16.5. The van der Waals surface area contributed by atoms with E-state index in [0.29, 0.717) is 17.2 Å². The molecule has 0 bridgehead atoms. The Kier molecular flexibility index (Phi) is 7.60. The number of aliphatic hydroxyl groups excluding tert-OH is 1. The minimum absolute atomic E-state index is 0.174. The Bertz CT molecular complexity index is 1300. The third-order valence-corrected chi connectivity index (χ3v) is 8.13. The number of fused-ring (bicyclic) bond motifs is 1. The van der Waals surface area contributed by atoms with Gasteiger partial charge in [-0.3, -0.25) is 4.57 Å². The number of anilines is 2. The largest absolute Gasteiger partial charge is 0.496 e. The van der Waals surface area contributed by atoms with E-state index in [1.807, 2.05) is 29.6 Å². The summed E-state index contributed by atoms with van der Waals surface area (Å²) in [6.07, 6.45) is 1.78. The molecule has 0 radical (unpaired) electrons. The number of aromatic nitrogens is 2. The second-order valence-electron chi connectivity index (χ2n) is 7.25. The number of nitrogens with zero attached hydrogens (tertiary/aromatic N) is 2. The van der Waals surface area contributed by atoms with Gasteiger partial charge in [0.15, 0.2) is 5.85 Å². The molecule has 0 aliphatic carbocycles. The van der Waals surface area contributed by atoms with Crippen LogP contribution in [0.1, 0.15) is 25.3 Å². The van der Waals surface area contributed by atoms with Crippen LogP contribution in [0.25, 0.3) is 21.3 Å². The Morgan fingerprint density at radius 1 is 1.06 bits per heavy atom. The lowest BCUT2D eigenvalue weighted by molar-refractivity contribution is 0.150. The van der Waals surface area contributed by atoms with E-state index in [2.05, 4.69) is 10.3 Å². The molecule has 0 aliphatic rings. The lowest BCUT2D eigenvalue weighted by Crippen LogP contribution is -2.06. The molecule has 178 valence electrons. The lowest BCUT2D eigenvalue weighted by Gasteiger charge is -2.22. The molecule has 0 fully saturated rings. The topological polar surface area (TPSA) is 103 Å². The Balaban J connectivity index is 1.58. The summed E-state index contributed by atoms with van der Waals surface area (Å²) in [5.41, 5.74) is 3.92. The molecule has 0 saturated carbocycles. The van der Waals surface area contributed by atoms with Crippen molar-refractivity contribution in [1.29, 1.82) is 0 Å². The van der Waals surface area contributed by atoms with Gasteiger partial charge >= 0.3 is 7.60 Å². The average molecular weight is 500 g/mol. The van der Waals surface area contributed by atoms with Crippen molar-refractivity contribution in [2.24, 2.45) is 0 Å². The van der Waals surface area contributed by atoms with Crippen LogP contribution in [0.5, 0.6) is 5.75 Å². The second-order valence-corrected chi connectivity index (χ2v) is 10.2. The predicted molar refractivity (Wildman–Crippen MR) is 135 cm³/mol. The molecular weight excluding hydrogens is 473 g/mol. The smallest absolute Gasteiger partial charge is 0.363 e. The van der Waals surface area contributed by atoms with E-state index >= 15 is 0 Å². The summed E-state index contributed by atoms with van der Waals surface area (Å²) in [6.45, 7) is 3.75. The van der Waals surface area contributed by atoms with Gasteiger partial charge in [0.25, 0.3) is 0 Å². The van der Waals surface area contributed by atoms with E-state index in [9.17, 15) is 9.67 Å². The van der Waals surface area contributed by atoms with Gasteiger partial charge in [-0.2, -0.15) is 0 Å². The monoisotopic (exact) mass is 499 g/mol. The molecule has 0 amide bonds. The van der Waals surface area contributed by atoms with Crippen LogP contribution in [0.15, 0.2) is 60.1 Å². The molecule has 10 heteroatoms. The third-order valence-electron chi connectivity index (χ3n) is 5.09. The first-order valence-corrected chi connectivity index (χ1v) is 13.3. The fourth-order valence-corrected chi connectivity index (χ4v) is 6.01. The van der Waals surface area contributed by atoms with Gasteiger partial charge in [0.05, 0.1) is 36.7 Å². The van der Waals surface area contributed by atoms with Crippen molar-refractivity contribution < 1.29 is 23.5 Å². The Labute approximate surface area is 202 Å². The molecule has 2 aromatic carbocycles. The normalized spacial score (nSPS) is 12.6. The number of benzene rings is 2. The molecule has 0 aliphatic heterocycles. The van der Waals surface area contributed by atoms with E-state index in [-0.39, 0.29) is 13.2 Å². The van der Waals surface area contributed by atoms with Crippen LogP contribution in [-0.4, -0.2) is 35.4 Å². The van der Waals surface area contributed by atoms with Crippen LogP contribution < -0.4 is 10.1 Å².